The zero-order chi connectivity index (χ0) is 28.1. The summed E-state index contributed by atoms with van der Waals surface area (Å²) in [6.45, 7) is 0. The highest BCUT2D eigenvalue weighted by Gasteiger charge is 2.22. The van der Waals surface area contributed by atoms with Gasteiger partial charge in [0.2, 0.25) is 0 Å². The largest absolute Gasteiger partial charge is 0.460 e. The standard InChI is InChI=1S/C40H22O2S/c1-3-13-29-27(11-1)37(23-17-18-26-25-10-6-8-16-35(25)43-36(26)21-23)28-12-2-4-14-30(28)38(29)32-22-33-24-9-5-7-15-34(24)42-40(33)39-31(32)19-20-41-39/h1-22H. The van der Waals surface area contributed by atoms with E-state index in [1.165, 1.54) is 58.4 Å². The highest BCUT2D eigenvalue weighted by molar-refractivity contribution is 7.25. The van der Waals surface area contributed by atoms with Crippen molar-refractivity contribution >= 4 is 86.0 Å². The van der Waals surface area contributed by atoms with Crippen molar-refractivity contribution in [1.82, 2.24) is 0 Å². The van der Waals surface area contributed by atoms with Crippen LogP contribution < -0.4 is 0 Å². The van der Waals surface area contributed by atoms with Gasteiger partial charge in [0.25, 0.3) is 0 Å². The minimum Gasteiger partial charge on any atom is -0.460 e. The number of benzene rings is 7. The normalized spacial score (nSPS) is 12.2. The molecule has 0 saturated carbocycles. The van der Waals surface area contributed by atoms with Gasteiger partial charge in [-0.1, -0.05) is 97.1 Å². The smallest absolute Gasteiger partial charge is 0.178 e. The molecule has 0 radical (unpaired) electrons. The Kier molecular flexibility index (Phi) is 4.63. The molecule has 0 atom stereocenters. The van der Waals surface area contributed by atoms with Crippen LogP contribution in [-0.2, 0) is 0 Å². The monoisotopic (exact) mass is 566 g/mol. The Morgan fingerprint density at radius 1 is 0.419 bits per heavy atom. The molecule has 7 aromatic carbocycles. The van der Waals surface area contributed by atoms with Gasteiger partial charge in [0.05, 0.1) is 6.26 Å². The fraction of sp³-hybridized carbons (Fsp3) is 0. The van der Waals surface area contributed by atoms with Crippen LogP contribution in [0.3, 0.4) is 0 Å². The number of para-hydroxylation sites is 1. The maximum absolute atomic E-state index is 6.33. The van der Waals surface area contributed by atoms with E-state index in [9.17, 15) is 0 Å². The number of furan rings is 2. The maximum atomic E-state index is 6.33. The van der Waals surface area contributed by atoms with E-state index < -0.39 is 0 Å². The van der Waals surface area contributed by atoms with Crippen molar-refractivity contribution in [2.24, 2.45) is 0 Å². The molecular weight excluding hydrogens is 545 g/mol. The minimum absolute atomic E-state index is 0.788. The van der Waals surface area contributed by atoms with Crippen molar-refractivity contribution in [3.8, 4) is 22.3 Å². The third kappa shape index (κ3) is 3.17. The molecule has 0 aliphatic rings. The molecule has 0 aliphatic heterocycles. The third-order valence-corrected chi connectivity index (χ3v) is 10.1. The molecule has 200 valence electrons. The number of thiophene rings is 1. The molecule has 3 aromatic heterocycles. The number of fused-ring (bicyclic) bond motifs is 10. The van der Waals surface area contributed by atoms with E-state index in [4.69, 9.17) is 8.83 Å². The number of hydrogen-bond acceptors (Lipinski definition) is 3. The van der Waals surface area contributed by atoms with Crippen molar-refractivity contribution in [2.45, 2.75) is 0 Å². The number of rotatable bonds is 2. The lowest BCUT2D eigenvalue weighted by Crippen LogP contribution is -1.91. The van der Waals surface area contributed by atoms with Gasteiger partial charge >= 0.3 is 0 Å². The molecule has 0 saturated heterocycles. The van der Waals surface area contributed by atoms with Crippen LogP contribution in [0.5, 0.6) is 0 Å². The second-order valence-corrected chi connectivity index (χ2v) is 12.3. The fourth-order valence-corrected chi connectivity index (χ4v) is 8.26. The molecular formula is C40H22O2S. The van der Waals surface area contributed by atoms with Gasteiger partial charge in [-0.3, -0.25) is 0 Å². The summed E-state index contributed by atoms with van der Waals surface area (Å²) in [5, 5.41) is 10.8. The summed E-state index contributed by atoms with van der Waals surface area (Å²) in [5.41, 5.74) is 7.34. The van der Waals surface area contributed by atoms with Crippen molar-refractivity contribution in [1.29, 1.82) is 0 Å². The van der Waals surface area contributed by atoms with Gasteiger partial charge < -0.3 is 8.83 Å². The Morgan fingerprint density at radius 2 is 1.05 bits per heavy atom. The second kappa shape index (κ2) is 8.57. The van der Waals surface area contributed by atoms with Gasteiger partial charge in [0.1, 0.15) is 5.58 Å². The van der Waals surface area contributed by atoms with Gasteiger partial charge in [0.15, 0.2) is 11.2 Å². The molecule has 0 fully saturated rings. The summed E-state index contributed by atoms with van der Waals surface area (Å²) in [6.07, 6.45) is 1.78. The molecule has 0 aliphatic carbocycles. The Balaban J connectivity index is 1.34. The molecule has 0 amide bonds. The molecule has 43 heavy (non-hydrogen) atoms. The van der Waals surface area contributed by atoms with Gasteiger partial charge in [-0.2, -0.15) is 0 Å². The van der Waals surface area contributed by atoms with Gasteiger partial charge in [0, 0.05) is 36.3 Å². The summed E-state index contributed by atoms with van der Waals surface area (Å²) in [7, 11) is 0. The Morgan fingerprint density at radius 3 is 1.81 bits per heavy atom. The maximum Gasteiger partial charge on any atom is 0.178 e. The predicted octanol–water partition coefficient (Wildman–Crippen LogP) is 12.3. The Hall–Kier alpha value is -5.38. The van der Waals surface area contributed by atoms with Crippen LogP contribution in [0.2, 0.25) is 0 Å². The van der Waals surface area contributed by atoms with Crippen LogP contribution in [0.25, 0.3) is 96.9 Å². The molecule has 0 unspecified atom stereocenters. The van der Waals surface area contributed by atoms with Crippen LogP contribution in [-0.4, -0.2) is 0 Å². The fourth-order valence-electron chi connectivity index (χ4n) is 7.11. The molecule has 0 N–H and O–H groups in total. The van der Waals surface area contributed by atoms with Crippen LogP contribution in [0.1, 0.15) is 0 Å². The first-order valence-electron chi connectivity index (χ1n) is 14.5. The summed E-state index contributed by atoms with van der Waals surface area (Å²) < 4.78 is 15.1. The lowest BCUT2D eigenvalue weighted by Gasteiger charge is -2.18. The average Bonchev–Trinajstić information content (AvgIpc) is 3.78. The average molecular weight is 567 g/mol. The number of hydrogen-bond donors (Lipinski definition) is 0. The van der Waals surface area contributed by atoms with E-state index in [0.29, 0.717) is 0 Å². The molecule has 0 spiro atoms. The van der Waals surface area contributed by atoms with Crippen LogP contribution in [0.15, 0.2) is 142 Å². The van der Waals surface area contributed by atoms with Gasteiger partial charge in [-0.05, 0) is 74.1 Å². The van der Waals surface area contributed by atoms with Crippen LogP contribution >= 0.6 is 11.3 Å². The van der Waals surface area contributed by atoms with Crippen LogP contribution in [0.4, 0.5) is 0 Å². The van der Waals surface area contributed by atoms with Crippen molar-refractivity contribution < 1.29 is 8.83 Å². The summed E-state index contributed by atoms with van der Waals surface area (Å²) >= 11 is 1.87. The van der Waals surface area contributed by atoms with Crippen LogP contribution in [0, 0.1) is 0 Å². The summed E-state index contributed by atoms with van der Waals surface area (Å²) in [4.78, 5) is 0. The topological polar surface area (TPSA) is 26.3 Å². The van der Waals surface area contributed by atoms with Crippen molar-refractivity contribution in [3.63, 3.8) is 0 Å². The first kappa shape index (κ1) is 23.2. The SMILES string of the molecule is c1ccc2c(c1)oc1c2cc(-c2c3ccccc3c(-c3ccc4c(c3)sc3ccccc34)c3ccccc23)c2ccoc21. The lowest BCUT2D eigenvalue weighted by molar-refractivity contribution is 0.600. The van der Waals surface area contributed by atoms with E-state index >= 15 is 0 Å². The molecule has 10 aromatic rings. The zero-order valence-corrected chi connectivity index (χ0v) is 23.7. The first-order chi connectivity index (χ1) is 21.3. The molecule has 2 nitrogen and oxygen atoms in total. The predicted molar refractivity (Wildman–Crippen MR) is 182 cm³/mol. The summed E-state index contributed by atoms with van der Waals surface area (Å²) in [5.74, 6) is 0. The highest BCUT2D eigenvalue weighted by Crippen LogP contribution is 2.48. The molecule has 3 heteroatoms. The molecule has 0 bridgehead atoms. The molecule has 3 heterocycles. The quantitative estimate of drug-likeness (QED) is 0.195. The van der Waals surface area contributed by atoms with E-state index in [1.807, 2.05) is 23.5 Å². The minimum atomic E-state index is 0.788. The molecule has 10 rings (SSSR count). The van der Waals surface area contributed by atoms with E-state index in [1.54, 1.807) is 6.26 Å². The first-order valence-corrected chi connectivity index (χ1v) is 15.3. The van der Waals surface area contributed by atoms with Gasteiger partial charge in [-0.25, -0.2) is 0 Å². The lowest BCUT2D eigenvalue weighted by atomic mass is 9.85. The zero-order valence-electron chi connectivity index (χ0n) is 22.9. The van der Waals surface area contributed by atoms with E-state index in [0.717, 1.165) is 38.5 Å². The van der Waals surface area contributed by atoms with E-state index in [2.05, 4.69) is 115 Å². The van der Waals surface area contributed by atoms with Crippen molar-refractivity contribution in [2.75, 3.05) is 0 Å². The second-order valence-electron chi connectivity index (χ2n) is 11.2. The van der Waals surface area contributed by atoms with E-state index in [-0.39, 0.29) is 0 Å². The Labute approximate surface area is 250 Å². The van der Waals surface area contributed by atoms with Gasteiger partial charge in [-0.15, -0.1) is 11.3 Å². The third-order valence-electron chi connectivity index (χ3n) is 8.95. The summed E-state index contributed by atoms with van der Waals surface area (Å²) in [6, 6.07) is 46.0. The highest BCUT2D eigenvalue weighted by atomic mass is 32.1. The Bertz CT molecular complexity index is 2680. The van der Waals surface area contributed by atoms with Crippen molar-refractivity contribution in [3.05, 3.63) is 134 Å².